The molecule has 4 aliphatic heterocycles. The Bertz CT molecular complexity index is 4510. The third kappa shape index (κ3) is 24.2. The number of nitriles is 1. The van der Waals surface area contributed by atoms with E-state index in [-0.39, 0.29) is 85.5 Å². The first kappa shape index (κ1) is 94.1. The SMILES string of the molecule is C1CCOC1.COc1cccc(CC(=O)Cl)c1.COc1cccc(Cc2nc(C3(c4ccccc4)CCC(=O)CC3)no2)c1.COc1cccc(Cc2nc(C3(c4ccccc4)CCC4(CC3)OCCO4)no2)c1.Cl.N#CC1(c2ccccc2)CCC2(CC1)OCCO2.N/C(=N\O)C1(c2ccccc2)CCC2(CC1)OCCO2.NO.[B].[H-].[Na+]. The van der Waals surface area contributed by atoms with Crippen molar-refractivity contribution >= 4 is 49.3 Å². The molecule has 8 aliphatic rings. The van der Waals surface area contributed by atoms with Gasteiger partial charge >= 0.3 is 29.6 Å². The van der Waals surface area contributed by atoms with Crippen LogP contribution in [0.5, 0.6) is 17.2 Å². The second kappa shape index (κ2) is 45.7. The van der Waals surface area contributed by atoms with Crippen molar-refractivity contribution in [3.63, 3.8) is 0 Å². The van der Waals surface area contributed by atoms with Crippen molar-refractivity contribution in [1.82, 2.24) is 20.3 Å². The van der Waals surface area contributed by atoms with E-state index in [0.29, 0.717) is 102 Å². The Morgan fingerprint density at radius 3 is 1.21 bits per heavy atom. The van der Waals surface area contributed by atoms with Crippen LogP contribution in [0.1, 0.15) is 179 Å². The maximum atomic E-state index is 11.8. The van der Waals surface area contributed by atoms with Crippen molar-refractivity contribution in [2.45, 2.75) is 174 Å². The Morgan fingerprint density at radius 1 is 0.496 bits per heavy atom. The van der Waals surface area contributed by atoms with Crippen LogP contribution in [0.2, 0.25) is 0 Å². The maximum absolute atomic E-state index is 11.8. The fraction of sp³-hybridized carbons (Fsp3) is 0.438. The van der Waals surface area contributed by atoms with Gasteiger partial charge in [-0.3, -0.25) is 9.59 Å². The van der Waals surface area contributed by atoms with Gasteiger partial charge in [-0.05, 0) is 151 Å². The number of amidine groups is 1. The van der Waals surface area contributed by atoms with Gasteiger partial charge in [0.1, 0.15) is 28.9 Å². The summed E-state index contributed by atoms with van der Waals surface area (Å²) in [6.45, 7) is 6.02. The van der Waals surface area contributed by atoms with Crippen molar-refractivity contribution in [2.24, 2.45) is 16.8 Å². The Labute approximate surface area is 722 Å². The molecule has 4 saturated heterocycles. The van der Waals surface area contributed by atoms with Gasteiger partial charge in [-0.15, -0.1) is 12.4 Å². The number of aromatic nitrogens is 4. The van der Waals surface area contributed by atoms with Crippen LogP contribution in [0, 0.1) is 11.3 Å². The molecule has 9 aromatic rings. The summed E-state index contributed by atoms with van der Waals surface area (Å²) < 4.78 is 66.7. The van der Waals surface area contributed by atoms with Crippen molar-refractivity contribution in [3.05, 3.63) is 256 Å². The summed E-state index contributed by atoms with van der Waals surface area (Å²) in [5, 5.41) is 37.0. The minimum atomic E-state index is -0.450. The molecule has 0 atom stereocenters. The van der Waals surface area contributed by atoms with E-state index < -0.39 is 22.8 Å². The molecule has 28 heteroatoms. The van der Waals surface area contributed by atoms with E-state index in [4.69, 9.17) is 88.9 Å². The molecule has 117 heavy (non-hydrogen) atoms. The predicted octanol–water partition coefficient (Wildman–Crippen LogP) is 12.4. The fourth-order valence-electron chi connectivity index (χ4n) is 16.5. The summed E-state index contributed by atoms with van der Waals surface area (Å²) in [6.07, 6.45) is 16.1. The van der Waals surface area contributed by atoms with Gasteiger partial charge < -0.3 is 74.0 Å². The van der Waals surface area contributed by atoms with Crippen LogP contribution in [-0.4, -0.2) is 148 Å². The minimum Gasteiger partial charge on any atom is -1.00 e. The van der Waals surface area contributed by atoms with Gasteiger partial charge in [0.2, 0.25) is 17.0 Å². The van der Waals surface area contributed by atoms with Gasteiger partial charge in [-0.25, -0.2) is 5.90 Å². The van der Waals surface area contributed by atoms with E-state index in [1.165, 1.54) is 18.4 Å². The monoisotopic (exact) mass is 1650 g/mol. The van der Waals surface area contributed by atoms with Crippen molar-refractivity contribution in [2.75, 3.05) is 74.2 Å². The van der Waals surface area contributed by atoms with Gasteiger partial charge in [0.15, 0.2) is 29.0 Å². The number of carbonyl (C=O) groups excluding carboxylic acids is 2. The molecule has 2 aromatic heterocycles. The number of carbonyl (C=O) groups is 2. The molecule has 6 N–H and O–H groups in total. The van der Waals surface area contributed by atoms with E-state index in [0.717, 1.165) is 147 Å². The van der Waals surface area contributed by atoms with Crippen molar-refractivity contribution in [1.29, 1.82) is 5.26 Å². The molecule has 3 radical (unpaired) electrons. The van der Waals surface area contributed by atoms with E-state index >= 15 is 0 Å². The number of ether oxygens (including phenoxy) is 10. The largest absolute Gasteiger partial charge is 1.00 e. The number of Topliss-reactive ketones (excluding diaryl/α,β-unsaturated/α-hetero) is 1. The minimum absolute atomic E-state index is 0. The molecule has 0 bridgehead atoms. The number of halogens is 2. The second-order valence-corrected chi connectivity index (χ2v) is 30.0. The summed E-state index contributed by atoms with van der Waals surface area (Å²) in [7, 11) is 4.90. The maximum Gasteiger partial charge on any atom is 1.00 e. The normalized spacial score (nSPS) is 20.6. The average Bonchev–Trinajstić information content (AvgIpc) is 1.44. The van der Waals surface area contributed by atoms with Crippen molar-refractivity contribution < 1.29 is 107 Å². The fourth-order valence-corrected chi connectivity index (χ4v) is 16.6. The van der Waals surface area contributed by atoms with Gasteiger partial charge in [0.25, 0.3) is 0 Å². The number of nitrogens with two attached hydrogens (primary N) is 2. The molecule has 6 heterocycles. The first-order valence-corrected chi connectivity index (χ1v) is 39.5. The Hall–Kier alpha value is -8.40. The van der Waals surface area contributed by atoms with Crippen LogP contribution >= 0.6 is 24.0 Å². The number of oxime groups is 1. The number of ketones is 1. The molecular formula is C89H107BCl2N8NaO16. The van der Waals surface area contributed by atoms with Crippen LogP contribution in [0.25, 0.3) is 0 Å². The Kier molecular flexibility index (Phi) is 36.7. The molecule has 4 aliphatic carbocycles. The van der Waals surface area contributed by atoms with Gasteiger partial charge in [0, 0.05) is 79.4 Å². The van der Waals surface area contributed by atoms with Gasteiger partial charge in [-0.2, -0.15) is 15.2 Å². The zero-order chi connectivity index (χ0) is 80.2. The first-order valence-electron chi connectivity index (χ1n) is 39.2. The van der Waals surface area contributed by atoms with E-state index in [1.807, 2.05) is 140 Å². The third-order valence-electron chi connectivity index (χ3n) is 22.9. The Balaban J connectivity index is 0.000000203. The smallest absolute Gasteiger partial charge is 1.00 e. The summed E-state index contributed by atoms with van der Waals surface area (Å²) in [4.78, 5) is 32.0. The zero-order valence-electron chi connectivity index (χ0n) is 68.3. The zero-order valence-corrected chi connectivity index (χ0v) is 70.9. The number of hydrogen-bond acceptors (Lipinski definition) is 23. The van der Waals surface area contributed by atoms with Crippen LogP contribution in [0.15, 0.2) is 208 Å². The second-order valence-electron chi connectivity index (χ2n) is 29.5. The van der Waals surface area contributed by atoms with Crippen LogP contribution in [0.3, 0.4) is 0 Å². The summed E-state index contributed by atoms with van der Waals surface area (Å²) in [5.74, 6) is 7.78. The molecule has 4 saturated carbocycles. The molecule has 8 fully saturated rings. The number of methoxy groups -OCH3 is 3. The molecule has 24 nitrogen and oxygen atoms in total. The quantitative estimate of drug-likeness (QED) is 0.0174. The molecule has 0 unspecified atom stereocenters. The summed E-state index contributed by atoms with van der Waals surface area (Å²) in [6, 6.07) is 66.4. The molecule has 7 aromatic carbocycles. The standard InChI is InChI=1S/C24H26N2O4.C22H22N2O3.C15H20N2O3.C15H17NO2.C9H9ClO2.C4H8O.B.ClH.H3NO.Na.H/c1-27-20-9-5-6-18(16-20)17-21-25-22(26-30-21)23(19-7-3-2-4-8-19)10-12-24(13-11-23)28-14-15-29-24;1-26-19-9-5-6-16(14-19)15-20-23-21(24-27-20)22(12-10-18(25)11-13-22)17-7-3-2-4-8-17;16-13(17-18)14(12-4-2-1-3-5-12)6-8-15(9-7-14)19-10-11-20-15;16-12-14(13-4-2-1-3-5-13)6-8-15(9-7-14)17-10-11-18-15;1-12-8-4-2-3-7(5-8)6-9(10)11;1-2-4-5-3-1;;;1-2;;/h2-9,16H,10-15,17H2,1H3;2-9,14H,10-13,15H2,1H3;1-5,18H,6-11H2,(H2,16,17);1-5H,6-11H2;2-5H,6H2,1H3;1-4H2;;1H;2H,1H2;;/q;;;;;;;;;+1;-1. The van der Waals surface area contributed by atoms with Crippen LogP contribution in [-0.2, 0) is 83.7 Å². The summed E-state index contributed by atoms with van der Waals surface area (Å²) in [5.41, 5.74) is 12.2. The first-order chi connectivity index (χ1) is 55.6. The number of rotatable bonds is 16. The van der Waals surface area contributed by atoms with Crippen molar-refractivity contribution in [3.8, 4) is 23.3 Å². The number of hydrogen-bond donors (Lipinski definition) is 4. The molecular weight excluding hydrogens is 1540 g/mol. The summed E-state index contributed by atoms with van der Waals surface area (Å²) >= 11 is 5.23. The number of nitrogens with zero attached hydrogens (tertiary/aromatic N) is 6. The molecule has 617 valence electrons. The van der Waals surface area contributed by atoms with E-state index in [9.17, 15) is 20.1 Å². The molecule has 17 rings (SSSR count). The van der Waals surface area contributed by atoms with E-state index in [1.54, 1.807) is 27.4 Å². The number of benzene rings is 7. The van der Waals surface area contributed by atoms with Crippen LogP contribution in [0.4, 0.5) is 0 Å². The van der Waals surface area contributed by atoms with Gasteiger partial charge in [0.05, 0.1) is 102 Å². The predicted molar refractivity (Wildman–Crippen MR) is 440 cm³/mol. The molecule has 0 amide bonds. The van der Waals surface area contributed by atoms with Crippen LogP contribution < -0.4 is 55.4 Å². The topological polar surface area (TPSA) is 333 Å². The Morgan fingerprint density at radius 2 is 0.846 bits per heavy atom. The molecule has 3 spiro atoms. The van der Waals surface area contributed by atoms with Gasteiger partial charge in [-0.1, -0.05) is 173 Å². The third-order valence-corrected chi connectivity index (χ3v) is 23.0. The van der Waals surface area contributed by atoms with E-state index in [2.05, 4.69) is 76.0 Å². The average molecular weight is 1650 g/mol.